The Hall–Kier alpha value is -2.05. The molecule has 0 unspecified atom stereocenters. The van der Waals surface area contributed by atoms with Crippen molar-refractivity contribution in [3.63, 3.8) is 0 Å². The monoisotopic (exact) mass is 343 g/mol. The van der Waals surface area contributed by atoms with E-state index in [1.54, 1.807) is 35.1 Å². The summed E-state index contributed by atoms with van der Waals surface area (Å²) in [5, 5.41) is 6.16. The van der Waals surface area contributed by atoms with Gasteiger partial charge in [0.1, 0.15) is 0 Å². The molecule has 1 atom stereocenters. The number of pyridine rings is 1. The highest BCUT2D eigenvalue weighted by Crippen LogP contribution is 2.26. The molecule has 23 heavy (non-hydrogen) atoms. The molecule has 3 aromatic rings. The Morgan fingerprint density at radius 2 is 2.04 bits per heavy atom. The molecule has 0 spiro atoms. The summed E-state index contributed by atoms with van der Waals surface area (Å²) >= 11 is 3.22. The Morgan fingerprint density at radius 1 is 1.26 bits per heavy atom. The summed E-state index contributed by atoms with van der Waals surface area (Å²) in [5.41, 5.74) is 1.98. The maximum atomic E-state index is 12.5. The Bertz CT molecular complexity index is 782. The van der Waals surface area contributed by atoms with Gasteiger partial charge in [0.2, 0.25) is 5.91 Å². The largest absolute Gasteiger partial charge is 0.344 e. The van der Waals surface area contributed by atoms with Crippen LogP contribution in [-0.2, 0) is 11.2 Å². The van der Waals surface area contributed by atoms with Gasteiger partial charge in [-0.05, 0) is 43.0 Å². The van der Waals surface area contributed by atoms with Gasteiger partial charge in [-0.2, -0.15) is 0 Å². The topological polar surface area (TPSA) is 54.9 Å². The van der Waals surface area contributed by atoms with E-state index in [0.717, 1.165) is 26.0 Å². The van der Waals surface area contributed by atoms with Gasteiger partial charge in [-0.1, -0.05) is 6.07 Å². The number of nitrogens with zero attached hydrogens (tertiary/aromatic N) is 2. The summed E-state index contributed by atoms with van der Waals surface area (Å²) in [6.07, 6.45) is 3.86. The van der Waals surface area contributed by atoms with E-state index in [0.29, 0.717) is 6.42 Å². The van der Waals surface area contributed by atoms with Crippen LogP contribution in [0.5, 0.6) is 0 Å². The highest BCUT2D eigenvalue weighted by molar-refractivity contribution is 7.11. The fourth-order valence-corrected chi connectivity index (χ4v) is 4.16. The summed E-state index contributed by atoms with van der Waals surface area (Å²) < 4.78 is 0. The van der Waals surface area contributed by atoms with E-state index in [1.165, 1.54) is 0 Å². The second-order valence-corrected chi connectivity index (χ2v) is 7.48. The number of thiophene rings is 1. The third kappa shape index (κ3) is 3.83. The molecule has 4 nitrogen and oxygen atoms in total. The number of amides is 1. The minimum Gasteiger partial charge on any atom is -0.344 e. The predicted molar refractivity (Wildman–Crippen MR) is 93.8 cm³/mol. The number of carbonyl (C=O) groups excluding carboxylic acids is 1. The highest BCUT2D eigenvalue weighted by Gasteiger charge is 2.19. The molecule has 0 aliphatic rings. The van der Waals surface area contributed by atoms with Gasteiger partial charge in [-0.25, -0.2) is 4.98 Å². The molecule has 0 saturated heterocycles. The van der Waals surface area contributed by atoms with Crippen LogP contribution in [0.25, 0.3) is 0 Å². The van der Waals surface area contributed by atoms with Crippen LogP contribution in [0.1, 0.15) is 32.1 Å². The van der Waals surface area contributed by atoms with Crippen molar-refractivity contribution in [2.75, 3.05) is 0 Å². The molecular formula is C17H17N3OS2. The van der Waals surface area contributed by atoms with Crippen LogP contribution in [0.4, 0.5) is 0 Å². The molecule has 0 saturated carbocycles. The Morgan fingerprint density at radius 3 is 2.65 bits per heavy atom. The third-order valence-electron chi connectivity index (χ3n) is 3.49. The number of aryl methyl sites for hydroxylation is 2. The molecule has 0 aliphatic heterocycles. The van der Waals surface area contributed by atoms with Gasteiger partial charge in [0.05, 0.1) is 23.2 Å². The minimum absolute atomic E-state index is 0.00645. The van der Waals surface area contributed by atoms with E-state index in [9.17, 15) is 4.79 Å². The lowest BCUT2D eigenvalue weighted by atomic mass is 10.1. The van der Waals surface area contributed by atoms with Crippen LogP contribution >= 0.6 is 22.7 Å². The second-order valence-electron chi connectivity index (χ2n) is 5.21. The molecule has 3 rings (SSSR count). The van der Waals surface area contributed by atoms with Gasteiger partial charge in [0.15, 0.2) is 0 Å². The highest BCUT2D eigenvalue weighted by atomic mass is 32.1. The van der Waals surface area contributed by atoms with E-state index >= 15 is 0 Å². The molecule has 3 heterocycles. The Labute approximate surface area is 143 Å². The maximum absolute atomic E-state index is 12.5. The molecule has 0 fully saturated rings. The van der Waals surface area contributed by atoms with Crippen molar-refractivity contribution in [3.05, 3.63) is 68.1 Å². The van der Waals surface area contributed by atoms with Crippen LogP contribution in [0.15, 0.2) is 42.0 Å². The summed E-state index contributed by atoms with van der Waals surface area (Å²) in [6.45, 7) is 3.91. The van der Waals surface area contributed by atoms with Crippen molar-refractivity contribution in [2.24, 2.45) is 0 Å². The zero-order chi connectivity index (χ0) is 16.2. The van der Waals surface area contributed by atoms with E-state index in [1.807, 2.05) is 43.5 Å². The van der Waals surface area contributed by atoms with E-state index in [2.05, 4.69) is 15.3 Å². The SMILES string of the molecule is Cc1nc(C)c(CC(=O)N[C@H](c2ccncc2)c2cccs2)s1. The number of carbonyl (C=O) groups is 1. The smallest absolute Gasteiger partial charge is 0.226 e. The minimum atomic E-state index is -0.139. The molecule has 118 valence electrons. The van der Waals surface area contributed by atoms with Crippen molar-refractivity contribution >= 4 is 28.6 Å². The summed E-state index contributed by atoms with van der Waals surface area (Å²) in [7, 11) is 0. The van der Waals surface area contributed by atoms with Crippen molar-refractivity contribution in [1.29, 1.82) is 0 Å². The van der Waals surface area contributed by atoms with Crippen molar-refractivity contribution in [3.8, 4) is 0 Å². The number of thiazole rings is 1. The first-order valence-electron chi connectivity index (χ1n) is 7.29. The number of rotatable bonds is 5. The van der Waals surface area contributed by atoms with Crippen LogP contribution < -0.4 is 5.32 Å². The first kappa shape index (κ1) is 15.8. The van der Waals surface area contributed by atoms with Crippen LogP contribution in [0, 0.1) is 13.8 Å². The average molecular weight is 343 g/mol. The lowest BCUT2D eigenvalue weighted by Gasteiger charge is -2.17. The van der Waals surface area contributed by atoms with Gasteiger partial charge in [0.25, 0.3) is 0 Å². The zero-order valence-corrected chi connectivity index (χ0v) is 14.6. The first-order valence-corrected chi connectivity index (χ1v) is 8.98. The summed E-state index contributed by atoms with van der Waals surface area (Å²) in [5.74, 6) is 0.00645. The van der Waals surface area contributed by atoms with Gasteiger partial charge in [0, 0.05) is 22.1 Å². The molecule has 0 aliphatic carbocycles. The summed E-state index contributed by atoms with van der Waals surface area (Å²) in [4.78, 5) is 23.1. The molecule has 0 aromatic carbocycles. The predicted octanol–water partition coefficient (Wildman–Crippen LogP) is 3.66. The fourth-order valence-electron chi connectivity index (χ4n) is 2.43. The quantitative estimate of drug-likeness (QED) is 0.769. The zero-order valence-electron chi connectivity index (χ0n) is 12.9. The normalized spacial score (nSPS) is 12.1. The van der Waals surface area contributed by atoms with Crippen molar-refractivity contribution in [1.82, 2.24) is 15.3 Å². The van der Waals surface area contributed by atoms with Crippen molar-refractivity contribution in [2.45, 2.75) is 26.3 Å². The molecule has 0 radical (unpaired) electrons. The Balaban J connectivity index is 1.79. The number of aromatic nitrogens is 2. The fraction of sp³-hybridized carbons (Fsp3) is 0.235. The van der Waals surface area contributed by atoms with Crippen molar-refractivity contribution < 1.29 is 4.79 Å². The lowest BCUT2D eigenvalue weighted by molar-refractivity contribution is -0.120. The molecule has 1 N–H and O–H groups in total. The molecular weight excluding hydrogens is 326 g/mol. The van der Waals surface area contributed by atoms with E-state index in [4.69, 9.17) is 0 Å². The van der Waals surface area contributed by atoms with E-state index in [-0.39, 0.29) is 11.9 Å². The summed E-state index contributed by atoms with van der Waals surface area (Å²) in [6, 6.07) is 7.77. The second kappa shape index (κ2) is 7.02. The van der Waals surface area contributed by atoms with E-state index < -0.39 is 0 Å². The number of hydrogen-bond acceptors (Lipinski definition) is 5. The maximum Gasteiger partial charge on any atom is 0.226 e. The number of hydrogen-bond donors (Lipinski definition) is 1. The number of nitrogens with one attached hydrogen (secondary N) is 1. The standard InChI is InChI=1S/C17H17N3OS2/c1-11-15(23-12(2)19-11)10-16(21)20-17(14-4-3-9-22-14)13-5-7-18-8-6-13/h3-9,17H,10H2,1-2H3,(H,20,21)/t17-/m1/s1. The average Bonchev–Trinajstić information content (AvgIpc) is 3.16. The first-order chi connectivity index (χ1) is 11.1. The van der Waals surface area contributed by atoms with Crippen LogP contribution in [0.2, 0.25) is 0 Å². The third-order valence-corrected chi connectivity index (χ3v) is 5.50. The van der Waals surface area contributed by atoms with Crippen LogP contribution in [-0.4, -0.2) is 15.9 Å². The van der Waals surface area contributed by atoms with Gasteiger partial charge in [-0.3, -0.25) is 9.78 Å². The van der Waals surface area contributed by atoms with Gasteiger partial charge < -0.3 is 5.32 Å². The Kier molecular flexibility index (Phi) is 4.83. The molecule has 1 amide bonds. The van der Waals surface area contributed by atoms with Crippen LogP contribution in [0.3, 0.4) is 0 Å². The molecule has 0 bridgehead atoms. The molecule has 6 heteroatoms. The molecule has 3 aromatic heterocycles. The van der Waals surface area contributed by atoms with Gasteiger partial charge >= 0.3 is 0 Å². The van der Waals surface area contributed by atoms with Gasteiger partial charge in [-0.15, -0.1) is 22.7 Å². The lowest BCUT2D eigenvalue weighted by Crippen LogP contribution is -2.30.